The Morgan fingerprint density at radius 1 is 0.879 bits per heavy atom. The highest BCUT2D eigenvalue weighted by molar-refractivity contribution is 5.89. The lowest BCUT2D eigenvalue weighted by Gasteiger charge is -2.28. The molecule has 1 aliphatic rings. The van der Waals surface area contributed by atoms with Gasteiger partial charge in [-0.3, -0.25) is 0 Å². The molecule has 1 fully saturated rings. The van der Waals surface area contributed by atoms with E-state index >= 15 is 0 Å². The number of carbonyl (C=O) groups excluding carboxylic acids is 1. The Bertz CT molecular complexity index is 813. The number of alkyl halides is 2. The van der Waals surface area contributed by atoms with Crippen LogP contribution in [0, 0.1) is 11.8 Å². The first-order valence-corrected chi connectivity index (χ1v) is 12.7. The van der Waals surface area contributed by atoms with Crippen molar-refractivity contribution in [3.05, 3.63) is 71.3 Å². The lowest BCUT2D eigenvalue weighted by Crippen LogP contribution is -2.26. The summed E-state index contributed by atoms with van der Waals surface area (Å²) >= 11 is 0. The molecule has 2 unspecified atom stereocenters. The summed E-state index contributed by atoms with van der Waals surface area (Å²) in [5.41, 5.74) is 2.08. The number of hydrogen-bond donors (Lipinski definition) is 0. The minimum atomic E-state index is -2.28. The Labute approximate surface area is 197 Å². The fourth-order valence-electron chi connectivity index (χ4n) is 4.85. The van der Waals surface area contributed by atoms with Crippen molar-refractivity contribution in [1.29, 1.82) is 0 Å². The van der Waals surface area contributed by atoms with Gasteiger partial charge in [0.15, 0.2) is 6.17 Å². The molecule has 2 aromatic carbocycles. The molecule has 0 spiro atoms. The van der Waals surface area contributed by atoms with Crippen molar-refractivity contribution in [2.45, 2.75) is 90.1 Å². The first-order chi connectivity index (χ1) is 16.0. The summed E-state index contributed by atoms with van der Waals surface area (Å²) in [5.74, 6) is 0.885. The lowest BCUT2D eigenvalue weighted by atomic mass is 9.78. The zero-order valence-corrected chi connectivity index (χ0v) is 19.9. The molecule has 4 heteroatoms. The van der Waals surface area contributed by atoms with Gasteiger partial charge >= 0.3 is 5.97 Å². The van der Waals surface area contributed by atoms with Crippen molar-refractivity contribution in [3.8, 4) is 0 Å². The number of benzene rings is 2. The molecule has 2 nitrogen and oxygen atoms in total. The number of ether oxygens (including phenoxy) is 1. The molecule has 1 aliphatic carbocycles. The van der Waals surface area contributed by atoms with Crippen molar-refractivity contribution < 1.29 is 18.3 Å². The molecule has 0 N–H and O–H groups in total. The Hall–Kier alpha value is -2.23. The highest BCUT2D eigenvalue weighted by Gasteiger charge is 2.25. The molecule has 33 heavy (non-hydrogen) atoms. The molecular weight excluding hydrogens is 418 g/mol. The lowest BCUT2D eigenvalue weighted by molar-refractivity contribution is -0.0542. The second-order valence-corrected chi connectivity index (χ2v) is 9.58. The van der Waals surface area contributed by atoms with Crippen molar-refractivity contribution >= 4 is 5.97 Å². The highest BCUT2D eigenvalue weighted by Crippen LogP contribution is 2.34. The molecule has 0 aromatic heterocycles. The third-order valence-corrected chi connectivity index (χ3v) is 6.99. The van der Waals surface area contributed by atoms with E-state index in [0.29, 0.717) is 5.56 Å². The number of hydrogen-bond acceptors (Lipinski definition) is 2. The summed E-state index contributed by atoms with van der Waals surface area (Å²) in [5, 5.41) is 0. The van der Waals surface area contributed by atoms with E-state index in [1.54, 1.807) is 36.4 Å². The van der Waals surface area contributed by atoms with E-state index in [2.05, 4.69) is 6.92 Å². The summed E-state index contributed by atoms with van der Waals surface area (Å²) in [6, 6.07) is 15.9. The molecule has 2 atom stereocenters. The molecule has 0 radical (unpaired) electrons. The minimum Gasteiger partial charge on any atom is -0.424 e. The van der Waals surface area contributed by atoms with Crippen LogP contribution in [0.15, 0.2) is 54.6 Å². The maximum absolute atomic E-state index is 14.1. The predicted molar refractivity (Wildman–Crippen MR) is 130 cm³/mol. The van der Waals surface area contributed by atoms with E-state index in [4.69, 9.17) is 4.74 Å². The fraction of sp³-hybridized carbons (Fsp3) is 0.552. The van der Waals surface area contributed by atoms with Crippen LogP contribution in [0.4, 0.5) is 8.78 Å². The van der Waals surface area contributed by atoms with Gasteiger partial charge in [0, 0.05) is 6.42 Å². The maximum Gasteiger partial charge on any atom is 0.340 e. The molecular formula is C29H38F2O2. The normalized spacial score (nSPS) is 20.2. The predicted octanol–water partition coefficient (Wildman–Crippen LogP) is 8.04. The van der Waals surface area contributed by atoms with Gasteiger partial charge in [0.25, 0.3) is 6.36 Å². The number of carbonyl (C=O) groups is 1. The van der Waals surface area contributed by atoms with Crippen molar-refractivity contribution in [1.82, 2.24) is 0 Å². The Morgan fingerprint density at radius 3 is 2.15 bits per heavy atom. The minimum absolute atomic E-state index is 0.130. The number of unbranched alkanes of at least 4 members (excludes halogenated alkanes) is 2. The molecule has 0 amide bonds. The van der Waals surface area contributed by atoms with Crippen LogP contribution in [-0.2, 0) is 17.6 Å². The van der Waals surface area contributed by atoms with Crippen LogP contribution in [0.5, 0.6) is 0 Å². The van der Waals surface area contributed by atoms with Gasteiger partial charge in [0.05, 0.1) is 5.56 Å². The first kappa shape index (κ1) is 25.4. The third-order valence-electron chi connectivity index (χ3n) is 6.99. The quantitative estimate of drug-likeness (QED) is 0.239. The molecule has 0 aliphatic heterocycles. The van der Waals surface area contributed by atoms with E-state index in [0.717, 1.165) is 18.3 Å². The van der Waals surface area contributed by atoms with Crippen molar-refractivity contribution in [3.63, 3.8) is 0 Å². The molecule has 2 aromatic rings. The molecule has 1 saturated carbocycles. The standard InChI is InChI=1S/C29H38F2O2/c1-2-3-5-8-22-11-13-23(14-12-22)15-16-24-17-19-26(20-18-24)29(32)33-28(31)27(30)21-25-9-6-4-7-10-25/h4,6-7,9-10,17-20,22-23,27-28H,2-3,5,8,11-16,21H2,1H3. The van der Waals surface area contributed by atoms with Gasteiger partial charge in [-0.05, 0) is 47.9 Å². The smallest absolute Gasteiger partial charge is 0.340 e. The zero-order valence-electron chi connectivity index (χ0n) is 19.9. The van der Waals surface area contributed by atoms with Crippen LogP contribution in [-0.4, -0.2) is 18.5 Å². The second-order valence-electron chi connectivity index (χ2n) is 9.58. The van der Waals surface area contributed by atoms with Gasteiger partial charge < -0.3 is 4.74 Å². The summed E-state index contributed by atoms with van der Waals surface area (Å²) < 4.78 is 33.0. The topological polar surface area (TPSA) is 26.3 Å². The summed E-state index contributed by atoms with van der Waals surface area (Å²) in [6.07, 6.45) is 8.66. The van der Waals surface area contributed by atoms with E-state index < -0.39 is 18.5 Å². The molecule has 0 saturated heterocycles. The van der Waals surface area contributed by atoms with Crippen LogP contribution in [0.3, 0.4) is 0 Å². The molecule has 0 bridgehead atoms. The van der Waals surface area contributed by atoms with E-state index in [1.807, 2.05) is 18.2 Å². The van der Waals surface area contributed by atoms with Crippen molar-refractivity contribution in [2.24, 2.45) is 11.8 Å². The van der Waals surface area contributed by atoms with E-state index in [9.17, 15) is 13.6 Å². The SMILES string of the molecule is CCCCCC1CCC(CCc2ccc(C(=O)OC(F)C(F)Cc3ccccc3)cc2)CC1. The van der Waals surface area contributed by atoms with Crippen molar-refractivity contribution in [2.75, 3.05) is 0 Å². The number of halogens is 2. The van der Waals surface area contributed by atoms with Crippen LogP contribution >= 0.6 is 0 Å². The number of aryl methyl sites for hydroxylation is 1. The Kier molecular flexibility index (Phi) is 10.4. The van der Waals surface area contributed by atoms with Gasteiger partial charge in [-0.25, -0.2) is 9.18 Å². The summed E-state index contributed by atoms with van der Waals surface area (Å²) in [6.45, 7) is 2.26. The largest absolute Gasteiger partial charge is 0.424 e. The average molecular weight is 457 g/mol. The molecule has 3 rings (SSSR count). The molecule has 180 valence electrons. The number of rotatable bonds is 12. The van der Waals surface area contributed by atoms with Gasteiger partial charge in [-0.15, -0.1) is 0 Å². The Morgan fingerprint density at radius 2 is 1.52 bits per heavy atom. The van der Waals surface area contributed by atoms with Crippen LogP contribution in [0.25, 0.3) is 0 Å². The zero-order chi connectivity index (χ0) is 23.5. The first-order valence-electron chi connectivity index (χ1n) is 12.7. The third kappa shape index (κ3) is 8.57. The number of esters is 1. The van der Waals surface area contributed by atoms with Gasteiger partial charge in [-0.2, -0.15) is 4.39 Å². The highest BCUT2D eigenvalue weighted by atomic mass is 19.2. The average Bonchev–Trinajstić information content (AvgIpc) is 2.84. The summed E-state index contributed by atoms with van der Waals surface area (Å²) in [7, 11) is 0. The van der Waals surface area contributed by atoms with Crippen LogP contribution < -0.4 is 0 Å². The molecule has 0 heterocycles. The van der Waals surface area contributed by atoms with Gasteiger partial charge in [0.2, 0.25) is 0 Å². The monoisotopic (exact) mass is 456 g/mol. The van der Waals surface area contributed by atoms with Gasteiger partial charge in [0.1, 0.15) is 0 Å². The summed E-state index contributed by atoms with van der Waals surface area (Å²) in [4.78, 5) is 12.2. The van der Waals surface area contributed by atoms with Gasteiger partial charge in [-0.1, -0.05) is 101 Å². The van der Waals surface area contributed by atoms with Crippen LogP contribution in [0.2, 0.25) is 0 Å². The van der Waals surface area contributed by atoms with E-state index in [1.165, 1.54) is 63.4 Å². The van der Waals surface area contributed by atoms with E-state index in [-0.39, 0.29) is 12.0 Å². The van der Waals surface area contributed by atoms with Crippen LogP contribution in [0.1, 0.15) is 86.2 Å². The second kappa shape index (κ2) is 13.5. The fourth-order valence-corrected chi connectivity index (χ4v) is 4.85. The Balaban J connectivity index is 1.38. The maximum atomic E-state index is 14.1.